The summed E-state index contributed by atoms with van der Waals surface area (Å²) in [6, 6.07) is 82.6. The number of benzene rings is 10. The molecule has 4 heteroatoms. The number of thiophene rings is 1. The van der Waals surface area contributed by atoms with Gasteiger partial charge in [0.2, 0.25) is 0 Å². The van der Waals surface area contributed by atoms with Gasteiger partial charge >= 0.3 is 0 Å². The van der Waals surface area contributed by atoms with Gasteiger partial charge in [0.25, 0.3) is 0 Å². The maximum Gasteiger partial charge on any atom is 0.138 e. The monoisotopic (exact) mass is 810 g/mol. The van der Waals surface area contributed by atoms with Gasteiger partial charge in [-0.05, 0) is 106 Å². The van der Waals surface area contributed by atoms with E-state index in [0.29, 0.717) is 0 Å². The molecule has 2 heterocycles. The molecule has 1 aliphatic rings. The van der Waals surface area contributed by atoms with Gasteiger partial charge in [0.1, 0.15) is 11.5 Å². The zero-order valence-electron chi connectivity index (χ0n) is 33.7. The fraction of sp³-hybridized carbons (Fsp3) is 0. The minimum absolute atomic E-state index is 0.829. The minimum atomic E-state index is 0.829. The normalized spacial score (nSPS) is 11.7. The molecule has 0 atom stereocenters. The van der Waals surface area contributed by atoms with Gasteiger partial charge in [0.05, 0.1) is 11.4 Å². The van der Waals surface area contributed by atoms with Gasteiger partial charge in [0, 0.05) is 59.9 Å². The van der Waals surface area contributed by atoms with Crippen molar-refractivity contribution in [1.29, 1.82) is 0 Å². The Morgan fingerprint density at radius 1 is 0.355 bits per heavy atom. The Kier molecular flexibility index (Phi) is 8.68. The fourth-order valence-corrected chi connectivity index (χ4v) is 10.4. The van der Waals surface area contributed by atoms with Crippen LogP contribution in [0.2, 0.25) is 0 Å². The van der Waals surface area contributed by atoms with E-state index in [2.05, 4.69) is 240 Å². The predicted molar refractivity (Wildman–Crippen MR) is 263 cm³/mol. The second-order valence-electron chi connectivity index (χ2n) is 15.7. The van der Waals surface area contributed by atoms with Crippen LogP contribution in [0.5, 0.6) is 11.5 Å². The number of anilines is 6. The quantitative estimate of drug-likeness (QED) is 0.152. The van der Waals surface area contributed by atoms with Crippen molar-refractivity contribution in [3.05, 3.63) is 231 Å². The number of nitrogens with zero attached hydrogens (tertiary/aromatic N) is 2. The highest BCUT2D eigenvalue weighted by Crippen LogP contribution is 2.54. The average molecular weight is 811 g/mol. The number of rotatable bonds is 8. The van der Waals surface area contributed by atoms with Crippen LogP contribution in [-0.4, -0.2) is 0 Å². The highest BCUT2D eigenvalue weighted by atomic mass is 32.1. The molecule has 11 aromatic rings. The zero-order chi connectivity index (χ0) is 41.0. The van der Waals surface area contributed by atoms with Crippen molar-refractivity contribution in [3.8, 4) is 44.9 Å². The van der Waals surface area contributed by atoms with Crippen LogP contribution in [0.4, 0.5) is 34.1 Å². The molecule has 0 saturated carbocycles. The maximum absolute atomic E-state index is 7.04. The van der Waals surface area contributed by atoms with E-state index in [1.54, 1.807) is 0 Å². The van der Waals surface area contributed by atoms with Crippen molar-refractivity contribution < 1.29 is 4.74 Å². The van der Waals surface area contributed by atoms with E-state index >= 15 is 0 Å². The summed E-state index contributed by atoms with van der Waals surface area (Å²) < 4.78 is 9.67. The Morgan fingerprint density at radius 3 is 1.65 bits per heavy atom. The van der Waals surface area contributed by atoms with Crippen molar-refractivity contribution in [2.45, 2.75) is 0 Å². The molecule has 10 aromatic carbocycles. The summed E-state index contributed by atoms with van der Waals surface area (Å²) in [5, 5.41) is 4.83. The first kappa shape index (κ1) is 36.0. The molecular formula is C58H38N2OS. The van der Waals surface area contributed by atoms with Crippen molar-refractivity contribution in [2.75, 3.05) is 9.80 Å². The topological polar surface area (TPSA) is 15.7 Å². The first-order valence-electron chi connectivity index (χ1n) is 21.0. The minimum Gasteiger partial charge on any atom is -0.456 e. The Hall–Kier alpha value is -7.92. The molecule has 0 bridgehead atoms. The van der Waals surface area contributed by atoms with Gasteiger partial charge in [-0.15, -0.1) is 11.3 Å². The molecule has 0 radical (unpaired) electrons. The first-order valence-corrected chi connectivity index (χ1v) is 21.8. The van der Waals surface area contributed by atoms with Crippen molar-refractivity contribution in [2.24, 2.45) is 0 Å². The predicted octanol–water partition coefficient (Wildman–Crippen LogP) is 17.3. The first-order chi connectivity index (χ1) is 30.7. The molecule has 0 saturated heterocycles. The van der Waals surface area contributed by atoms with Crippen LogP contribution in [0.25, 0.3) is 64.3 Å². The lowest BCUT2D eigenvalue weighted by Crippen LogP contribution is -2.13. The molecule has 3 nitrogen and oxygen atoms in total. The zero-order valence-corrected chi connectivity index (χ0v) is 34.5. The Morgan fingerprint density at radius 2 is 0.919 bits per heavy atom. The average Bonchev–Trinajstić information content (AvgIpc) is 3.72. The summed E-state index contributed by atoms with van der Waals surface area (Å²) in [6.07, 6.45) is 0. The third kappa shape index (κ3) is 6.11. The van der Waals surface area contributed by atoms with Crippen LogP contribution in [0.3, 0.4) is 0 Å². The molecule has 0 amide bonds. The van der Waals surface area contributed by atoms with E-state index in [9.17, 15) is 0 Å². The third-order valence-corrected chi connectivity index (χ3v) is 13.2. The van der Waals surface area contributed by atoms with Gasteiger partial charge in [0.15, 0.2) is 0 Å². The summed E-state index contributed by atoms with van der Waals surface area (Å²) in [5.41, 5.74) is 13.4. The molecule has 1 aliphatic heterocycles. The molecule has 12 rings (SSSR count). The molecule has 0 aliphatic carbocycles. The largest absolute Gasteiger partial charge is 0.456 e. The maximum atomic E-state index is 7.04. The van der Waals surface area contributed by atoms with Gasteiger partial charge in [-0.25, -0.2) is 0 Å². The number of para-hydroxylation sites is 2. The lowest BCUT2D eigenvalue weighted by molar-refractivity contribution is 0.487. The van der Waals surface area contributed by atoms with E-state index < -0.39 is 0 Å². The van der Waals surface area contributed by atoms with E-state index in [1.807, 2.05) is 11.3 Å². The van der Waals surface area contributed by atoms with E-state index in [0.717, 1.165) is 67.5 Å². The molecule has 0 fully saturated rings. The molecule has 0 N–H and O–H groups in total. The summed E-state index contributed by atoms with van der Waals surface area (Å²) in [4.78, 5) is 4.68. The van der Waals surface area contributed by atoms with Crippen LogP contribution < -0.4 is 14.5 Å². The number of ether oxygens (including phenoxy) is 1. The molecule has 0 spiro atoms. The SMILES string of the molecule is c1ccc(-c2ccc(N(c3ccc(-c4cccc5c4sc4ccccc45)cc3)c3cc4c5c(cccc5c3)-c3c(cccc3N(c3ccccc3)c3ccccc3)O4)cc2)cc1. The van der Waals surface area contributed by atoms with E-state index in [1.165, 1.54) is 42.4 Å². The van der Waals surface area contributed by atoms with Gasteiger partial charge < -0.3 is 14.5 Å². The second-order valence-corrected chi connectivity index (χ2v) is 16.7. The summed E-state index contributed by atoms with van der Waals surface area (Å²) in [5.74, 6) is 1.66. The summed E-state index contributed by atoms with van der Waals surface area (Å²) in [7, 11) is 0. The highest BCUT2D eigenvalue weighted by molar-refractivity contribution is 7.26. The number of fused-ring (bicyclic) bond motifs is 5. The highest BCUT2D eigenvalue weighted by Gasteiger charge is 2.28. The van der Waals surface area contributed by atoms with Crippen LogP contribution in [0.15, 0.2) is 231 Å². The van der Waals surface area contributed by atoms with Gasteiger partial charge in [-0.3, -0.25) is 0 Å². The molecule has 0 unspecified atom stereocenters. The Balaban J connectivity index is 0.999. The number of hydrogen-bond acceptors (Lipinski definition) is 4. The van der Waals surface area contributed by atoms with E-state index in [4.69, 9.17) is 4.74 Å². The molecule has 62 heavy (non-hydrogen) atoms. The van der Waals surface area contributed by atoms with Crippen LogP contribution in [-0.2, 0) is 0 Å². The molecule has 1 aromatic heterocycles. The van der Waals surface area contributed by atoms with Crippen LogP contribution in [0, 0.1) is 0 Å². The van der Waals surface area contributed by atoms with E-state index in [-0.39, 0.29) is 0 Å². The van der Waals surface area contributed by atoms with Crippen LogP contribution in [0.1, 0.15) is 0 Å². The molecular weight excluding hydrogens is 773 g/mol. The van der Waals surface area contributed by atoms with Crippen molar-refractivity contribution in [3.63, 3.8) is 0 Å². The number of hydrogen-bond donors (Lipinski definition) is 0. The second kappa shape index (κ2) is 15.0. The van der Waals surface area contributed by atoms with Gasteiger partial charge in [-0.1, -0.05) is 152 Å². The Bertz CT molecular complexity index is 3380. The third-order valence-electron chi connectivity index (χ3n) is 12.0. The Labute approximate surface area is 364 Å². The standard InChI is InChI=1S/C58H38N2OS/c1-4-15-39(16-5-1)40-29-33-45(34-30-40)59(46-35-31-41(32-36-46)48-23-13-24-50-49-22-10-11-28-55(49)62-58(48)50)47-37-42-17-12-25-51-56(42)54(38-47)61-53-27-14-26-52(57(51)53)60(43-18-6-2-7-19-43)44-20-8-3-9-21-44/h1-38H. The lowest BCUT2D eigenvalue weighted by atomic mass is 9.92. The van der Waals surface area contributed by atoms with Crippen molar-refractivity contribution in [1.82, 2.24) is 0 Å². The lowest BCUT2D eigenvalue weighted by Gasteiger charge is -2.32. The van der Waals surface area contributed by atoms with Gasteiger partial charge in [-0.2, -0.15) is 0 Å². The fourth-order valence-electron chi connectivity index (χ4n) is 9.20. The van der Waals surface area contributed by atoms with Crippen LogP contribution >= 0.6 is 11.3 Å². The molecule has 292 valence electrons. The van der Waals surface area contributed by atoms with Crippen molar-refractivity contribution >= 4 is 76.4 Å². The summed E-state index contributed by atoms with van der Waals surface area (Å²) >= 11 is 1.87. The smallest absolute Gasteiger partial charge is 0.138 e. The summed E-state index contributed by atoms with van der Waals surface area (Å²) in [6.45, 7) is 0.